The Hall–Kier alpha value is -0.760. The maximum Gasteiger partial charge on any atom is 0.405 e. The molecule has 0 fully saturated rings. The Balaban J connectivity index is 4.57. The second kappa shape index (κ2) is 5.05. The molecule has 2 atom stereocenters. The van der Waals surface area contributed by atoms with Crippen molar-refractivity contribution in [1.82, 2.24) is 4.90 Å². The predicted molar refractivity (Wildman–Crippen MR) is 56.7 cm³/mol. The molecule has 0 aliphatic rings. The Morgan fingerprint density at radius 1 is 1.25 bits per heavy atom. The van der Waals surface area contributed by atoms with Crippen molar-refractivity contribution >= 4 is 0 Å². The van der Waals surface area contributed by atoms with E-state index < -0.39 is 12.1 Å². The summed E-state index contributed by atoms with van der Waals surface area (Å²) in [6.07, 6.45) is -4.44. The Bertz CT molecular complexity index is 260. The topological polar surface area (TPSA) is 27.0 Å². The Labute approximate surface area is 95.0 Å². The van der Waals surface area contributed by atoms with E-state index in [2.05, 4.69) is 0 Å². The fraction of sp³-hybridized carbons (Fsp3) is 0.909. The van der Waals surface area contributed by atoms with Crippen molar-refractivity contribution in [2.24, 2.45) is 11.3 Å². The molecule has 0 aromatic heterocycles. The van der Waals surface area contributed by atoms with Crippen molar-refractivity contribution in [3.63, 3.8) is 0 Å². The third-order valence-corrected chi connectivity index (χ3v) is 2.94. The van der Waals surface area contributed by atoms with E-state index in [1.807, 2.05) is 27.7 Å². The van der Waals surface area contributed by atoms with Gasteiger partial charge in [-0.25, -0.2) is 0 Å². The van der Waals surface area contributed by atoms with Crippen molar-refractivity contribution in [3.05, 3.63) is 0 Å². The van der Waals surface area contributed by atoms with E-state index >= 15 is 0 Å². The van der Waals surface area contributed by atoms with Gasteiger partial charge in [-0.05, 0) is 19.4 Å². The summed E-state index contributed by atoms with van der Waals surface area (Å²) in [6.45, 7) is 7.47. The van der Waals surface area contributed by atoms with Crippen LogP contribution in [0.1, 0.15) is 27.7 Å². The molecule has 0 N–H and O–H groups in total. The van der Waals surface area contributed by atoms with Crippen LogP contribution in [0.4, 0.5) is 13.2 Å². The van der Waals surface area contributed by atoms with E-state index in [1.165, 1.54) is 6.07 Å². The first-order valence-corrected chi connectivity index (χ1v) is 5.16. The molecule has 2 unspecified atom stereocenters. The van der Waals surface area contributed by atoms with Gasteiger partial charge >= 0.3 is 6.18 Å². The molecule has 0 spiro atoms. The molecule has 0 saturated carbocycles. The lowest BCUT2D eigenvalue weighted by molar-refractivity contribution is -0.164. The lowest BCUT2D eigenvalue weighted by Crippen LogP contribution is -2.44. The number of rotatable bonds is 3. The maximum atomic E-state index is 12.4. The van der Waals surface area contributed by atoms with Gasteiger partial charge in [-0.15, -0.1) is 0 Å². The highest BCUT2D eigenvalue weighted by Crippen LogP contribution is 2.29. The molecule has 0 rings (SSSR count). The molecule has 0 aliphatic heterocycles. The van der Waals surface area contributed by atoms with Crippen LogP contribution in [-0.2, 0) is 0 Å². The molecule has 0 aromatic rings. The highest BCUT2D eigenvalue weighted by atomic mass is 19.4. The minimum Gasteiger partial charge on any atom is -0.302 e. The summed E-state index contributed by atoms with van der Waals surface area (Å²) in [5, 5.41) is 8.50. The van der Waals surface area contributed by atoms with Crippen molar-refractivity contribution in [2.75, 3.05) is 13.6 Å². The van der Waals surface area contributed by atoms with E-state index in [4.69, 9.17) is 5.26 Å². The van der Waals surface area contributed by atoms with Crippen molar-refractivity contribution < 1.29 is 13.2 Å². The molecule has 0 radical (unpaired) electrons. The van der Waals surface area contributed by atoms with Crippen LogP contribution < -0.4 is 0 Å². The summed E-state index contributed by atoms with van der Waals surface area (Å²) in [7, 11) is 1.62. The number of halogens is 3. The minimum absolute atomic E-state index is 0.0225. The molecule has 5 heteroatoms. The summed E-state index contributed by atoms with van der Waals surface area (Å²) in [6, 6.07) is 1.29. The Kier molecular flexibility index (Phi) is 4.81. The molecule has 0 saturated heterocycles. The van der Waals surface area contributed by atoms with Crippen LogP contribution in [0.25, 0.3) is 0 Å². The van der Waals surface area contributed by atoms with Crippen molar-refractivity contribution in [2.45, 2.75) is 39.9 Å². The van der Waals surface area contributed by atoms with Gasteiger partial charge in [0.05, 0.1) is 6.07 Å². The second-order valence-electron chi connectivity index (χ2n) is 5.20. The third kappa shape index (κ3) is 4.40. The van der Waals surface area contributed by atoms with Gasteiger partial charge in [0.2, 0.25) is 0 Å². The van der Waals surface area contributed by atoms with Crippen LogP contribution in [0.3, 0.4) is 0 Å². The maximum absolute atomic E-state index is 12.4. The van der Waals surface area contributed by atoms with E-state index in [0.29, 0.717) is 0 Å². The molecular weight excluding hydrogens is 217 g/mol. The lowest BCUT2D eigenvalue weighted by Gasteiger charge is -2.36. The van der Waals surface area contributed by atoms with Gasteiger partial charge in [0.1, 0.15) is 0 Å². The van der Waals surface area contributed by atoms with Gasteiger partial charge in [0.25, 0.3) is 0 Å². The summed E-state index contributed by atoms with van der Waals surface area (Å²) < 4.78 is 37.2. The number of hydrogen-bond acceptors (Lipinski definition) is 2. The van der Waals surface area contributed by atoms with Gasteiger partial charge in [0.15, 0.2) is 5.92 Å². The van der Waals surface area contributed by atoms with Gasteiger partial charge in [0, 0.05) is 12.6 Å². The summed E-state index contributed by atoms with van der Waals surface area (Å²) in [4.78, 5) is 1.58. The van der Waals surface area contributed by atoms with Crippen LogP contribution >= 0.6 is 0 Å². The average Bonchev–Trinajstić information content (AvgIpc) is 2.08. The second-order valence-corrected chi connectivity index (χ2v) is 5.20. The number of nitriles is 1. The first-order chi connectivity index (χ1) is 7.00. The zero-order valence-corrected chi connectivity index (χ0v) is 10.4. The van der Waals surface area contributed by atoms with Crippen LogP contribution in [0.15, 0.2) is 0 Å². The summed E-state index contributed by atoms with van der Waals surface area (Å²) in [5.74, 6) is -1.91. The Morgan fingerprint density at radius 2 is 1.69 bits per heavy atom. The van der Waals surface area contributed by atoms with E-state index in [1.54, 1.807) is 11.9 Å². The first-order valence-electron chi connectivity index (χ1n) is 5.16. The van der Waals surface area contributed by atoms with E-state index in [9.17, 15) is 13.2 Å². The SMILES string of the molecule is CC(N(C)CC(C#N)C(F)(F)F)C(C)(C)C. The monoisotopic (exact) mass is 236 g/mol. The number of nitrogens with zero attached hydrogens (tertiary/aromatic N) is 2. The van der Waals surface area contributed by atoms with Gasteiger partial charge in [-0.3, -0.25) is 0 Å². The third-order valence-electron chi connectivity index (χ3n) is 2.94. The Morgan fingerprint density at radius 3 is 1.94 bits per heavy atom. The molecule has 0 bridgehead atoms. The number of alkyl halides is 3. The zero-order valence-electron chi connectivity index (χ0n) is 10.4. The highest BCUT2D eigenvalue weighted by molar-refractivity contribution is 4.92. The van der Waals surface area contributed by atoms with E-state index in [-0.39, 0.29) is 18.0 Å². The fourth-order valence-corrected chi connectivity index (χ4v) is 1.32. The van der Waals surface area contributed by atoms with Crippen LogP contribution in [0.2, 0.25) is 0 Å². The molecular formula is C11H19F3N2. The molecule has 0 amide bonds. The highest BCUT2D eigenvalue weighted by Gasteiger charge is 2.41. The average molecular weight is 236 g/mol. The predicted octanol–water partition coefficient (Wildman–Crippen LogP) is 3.05. The lowest BCUT2D eigenvalue weighted by atomic mass is 9.87. The standard InChI is InChI=1S/C11H19F3N2/c1-8(10(2,3)4)16(5)7-9(6-15)11(12,13)14/h8-9H,7H2,1-5H3. The first kappa shape index (κ1) is 15.2. The summed E-state index contributed by atoms with van der Waals surface area (Å²) in [5.41, 5.74) is -0.111. The fourth-order valence-electron chi connectivity index (χ4n) is 1.32. The van der Waals surface area contributed by atoms with Gasteiger partial charge in [-0.2, -0.15) is 18.4 Å². The smallest absolute Gasteiger partial charge is 0.302 e. The van der Waals surface area contributed by atoms with Crippen LogP contribution in [0, 0.1) is 22.7 Å². The zero-order chi connectivity index (χ0) is 13.1. The molecule has 16 heavy (non-hydrogen) atoms. The summed E-state index contributed by atoms with van der Waals surface area (Å²) >= 11 is 0. The van der Waals surface area contributed by atoms with E-state index in [0.717, 1.165) is 0 Å². The van der Waals surface area contributed by atoms with Crippen LogP contribution in [0.5, 0.6) is 0 Å². The molecule has 0 heterocycles. The van der Waals surface area contributed by atoms with Crippen molar-refractivity contribution in [1.29, 1.82) is 5.26 Å². The molecule has 0 aliphatic carbocycles. The largest absolute Gasteiger partial charge is 0.405 e. The van der Waals surface area contributed by atoms with Gasteiger partial charge < -0.3 is 4.90 Å². The normalized spacial score (nSPS) is 17.0. The quantitative estimate of drug-likeness (QED) is 0.753. The van der Waals surface area contributed by atoms with Gasteiger partial charge in [-0.1, -0.05) is 20.8 Å². The molecule has 94 valence electrons. The molecule has 2 nitrogen and oxygen atoms in total. The van der Waals surface area contributed by atoms with Crippen LogP contribution in [-0.4, -0.2) is 30.7 Å². The molecule has 0 aromatic carbocycles. The number of hydrogen-bond donors (Lipinski definition) is 0. The minimum atomic E-state index is -4.44. The van der Waals surface area contributed by atoms with Crippen molar-refractivity contribution in [3.8, 4) is 6.07 Å².